The fourth-order valence-corrected chi connectivity index (χ4v) is 2.01. The highest BCUT2D eigenvalue weighted by molar-refractivity contribution is 5.83. The van der Waals surface area contributed by atoms with Crippen LogP contribution in [0.1, 0.15) is 31.3 Å². The number of nitrogens with two attached hydrogens (primary N) is 1. The molecule has 0 amide bonds. The number of fused-ring (bicyclic) bond motifs is 1. The van der Waals surface area contributed by atoms with Gasteiger partial charge in [0, 0.05) is 5.39 Å². The fraction of sp³-hybridized carbons (Fsp3) is 0.385. The number of benzene rings is 1. The van der Waals surface area contributed by atoms with Gasteiger partial charge in [0.2, 0.25) is 0 Å². The smallest absolute Gasteiger partial charge is 0.309 e. The van der Waals surface area contributed by atoms with Crippen LogP contribution in [-0.2, 0) is 12.6 Å². The molecule has 1 aromatic heterocycles. The Labute approximate surface area is 109 Å². The molecule has 0 bridgehead atoms. The van der Waals surface area contributed by atoms with Crippen LogP contribution in [0.3, 0.4) is 0 Å². The molecule has 2 rings (SSSR count). The molecular weight excluding hydrogens is 255 g/mol. The van der Waals surface area contributed by atoms with Gasteiger partial charge < -0.3 is 5.73 Å². The second kappa shape index (κ2) is 4.85. The lowest BCUT2D eigenvalue weighted by atomic mass is 10.1. The third-order valence-electron chi connectivity index (χ3n) is 3.07. The summed E-state index contributed by atoms with van der Waals surface area (Å²) >= 11 is 0. The predicted molar refractivity (Wildman–Crippen MR) is 67.3 cm³/mol. The van der Waals surface area contributed by atoms with Crippen LogP contribution < -0.4 is 5.73 Å². The molecule has 6 heteroatoms. The molecule has 1 atom stereocenters. The van der Waals surface area contributed by atoms with E-state index < -0.39 is 17.9 Å². The van der Waals surface area contributed by atoms with Gasteiger partial charge in [0.05, 0.1) is 16.8 Å². The summed E-state index contributed by atoms with van der Waals surface area (Å²) in [6.07, 6.45) is -2.57. The Morgan fingerprint density at radius 1 is 1.42 bits per heavy atom. The normalized spacial score (nSPS) is 14.0. The molecule has 0 spiro atoms. The first kappa shape index (κ1) is 13.9. The van der Waals surface area contributed by atoms with Crippen molar-refractivity contribution in [2.24, 2.45) is 5.73 Å². The summed E-state index contributed by atoms with van der Waals surface area (Å²) in [5.41, 5.74) is 6.33. The number of hydrogen-bond acceptors (Lipinski definition) is 2. The van der Waals surface area contributed by atoms with Crippen molar-refractivity contribution >= 4 is 10.9 Å². The van der Waals surface area contributed by atoms with Crippen molar-refractivity contribution in [3.05, 3.63) is 35.9 Å². The van der Waals surface area contributed by atoms with E-state index in [4.69, 9.17) is 5.73 Å². The maximum absolute atomic E-state index is 12.8. The van der Waals surface area contributed by atoms with Crippen LogP contribution in [0.25, 0.3) is 10.9 Å². The summed E-state index contributed by atoms with van der Waals surface area (Å²) in [6, 6.07) is 3.64. The van der Waals surface area contributed by atoms with Crippen LogP contribution in [0.4, 0.5) is 13.2 Å². The van der Waals surface area contributed by atoms with Crippen LogP contribution in [0.15, 0.2) is 18.2 Å². The van der Waals surface area contributed by atoms with Crippen LogP contribution in [-0.4, -0.2) is 9.78 Å². The lowest BCUT2D eigenvalue weighted by Crippen LogP contribution is -2.19. The van der Waals surface area contributed by atoms with Gasteiger partial charge in [-0.15, -0.1) is 0 Å². The number of alkyl halides is 3. The Kier molecular flexibility index (Phi) is 3.54. The van der Waals surface area contributed by atoms with Crippen LogP contribution in [0.5, 0.6) is 0 Å². The largest absolute Gasteiger partial charge is 0.416 e. The van der Waals surface area contributed by atoms with Crippen molar-refractivity contribution in [1.29, 1.82) is 0 Å². The maximum Gasteiger partial charge on any atom is 0.416 e. The highest BCUT2D eigenvalue weighted by Crippen LogP contribution is 2.32. The molecule has 1 unspecified atom stereocenters. The topological polar surface area (TPSA) is 43.8 Å². The zero-order valence-electron chi connectivity index (χ0n) is 10.7. The van der Waals surface area contributed by atoms with E-state index in [1.165, 1.54) is 10.7 Å². The highest BCUT2D eigenvalue weighted by atomic mass is 19.4. The van der Waals surface area contributed by atoms with Crippen LogP contribution >= 0.6 is 0 Å². The van der Waals surface area contributed by atoms with Gasteiger partial charge in [-0.2, -0.15) is 18.3 Å². The van der Waals surface area contributed by atoms with E-state index in [0.29, 0.717) is 17.3 Å². The number of rotatable bonds is 3. The van der Waals surface area contributed by atoms with Gasteiger partial charge >= 0.3 is 6.18 Å². The standard InChI is InChI=1S/C13H15F3N3/c1-3-10-9-6-5-8(13(14,15)16)7-11(9)19(18-10)12(17)4-2/h4-7,12H,3,17H2,1-2H3. The Balaban J connectivity index is 2.68. The molecule has 103 valence electrons. The molecule has 1 radical (unpaired) electrons. The Bertz CT molecular complexity index is 587. The number of halogens is 3. The van der Waals surface area contributed by atoms with Crippen LogP contribution in [0.2, 0.25) is 0 Å². The molecule has 0 aliphatic heterocycles. The SMILES string of the molecule is C[CH]C(N)n1nc(CC)c2ccc(C(F)(F)F)cc21. The van der Waals surface area contributed by atoms with Gasteiger partial charge in [0.25, 0.3) is 0 Å². The third kappa shape index (κ3) is 2.45. The Morgan fingerprint density at radius 2 is 2.11 bits per heavy atom. The zero-order valence-corrected chi connectivity index (χ0v) is 10.7. The minimum absolute atomic E-state index is 0.414. The predicted octanol–water partition coefficient (Wildman–Crippen LogP) is 3.30. The Hall–Kier alpha value is -1.56. The third-order valence-corrected chi connectivity index (χ3v) is 3.07. The highest BCUT2D eigenvalue weighted by Gasteiger charge is 2.31. The molecule has 0 aliphatic carbocycles. The number of nitrogens with zero attached hydrogens (tertiary/aromatic N) is 2. The monoisotopic (exact) mass is 270 g/mol. The Morgan fingerprint density at radius 3 is 2.63 bits per heavy atom. The first-order valence-electron chi connectivity index (χ1n) is 6.02. The molecule has 1 aromatic carbocycles. The minimum atomic E-state index is -4.37. The van der Waals surface area contributed by atoms with Crippen molar-refractivity contribution in [1.82, 2.24) is 9.78 Å². The van der Waals surface area contributed by atoms with Gasteiger partial charge in [0.1, 0.15) is 6.17 Å². The van der Waals surface area contributed by atoms with E-state index in [0.717, 1.165) is 17.8 Å². The van der Waals surface area contributed by atoms with E-state index >= 15 is 0 Å². The van der Waals surface area contributed by atoms with E-state index in [-0.39, 0.29) is 0 Å². The second-order valence-corrected chi connectivity index (χ2v) is 4.30. The average molecular weight is 270 g/mol. The van der Waals surface area contributed by atoms with E-state index in [2.05, 4.69) is 5.10 Å². The van der Waals surface area contributed by atoms with Gasteiger partial charge in [-0.3, -0.25) is 0 Å². The second-order valence-electron chi connectivity index (χ2n) is 4.30. The molecule has 3 nitrogen and oxygen atoms in total. The molecule has 19 heavy (non-hydrogen) atoms. The van der Waals surface area contributed by atoms with Gasteiger partial charge in [-0.1, -0.05) is 19.9 Å². The average Bonchev–Trinajstić information content (AvgIpc) is 2.74. The summed E-state index contributed by atoms with van der Waals surface area (Å²) in [7, 11) is 0. The molecular formula is C13H15F3N3. The lowest BCUT2D eigenvalue weighted by Gasteiger charge is -2.12. The van der Waals surface area contributed by atoms with Gasteiger partial charge in [-0.25, -0.2) is 4.68 Å². The number of aryl methyl sites for hydroxylation is 1. The lowest BCUT2D eigenvalue weighted by molar-refractivity contribution is -0.137. The molecule has 0 aliphatic rings. The summed E-state index contributed by atoms with van der Waals surface area (Å²) in [6.45, 7) is 3.66. The van der Waals surface area contributed by atoms with E-state index in [9.17, 15) is 13.2 Å². The molecule has 1 heterocycles. The maximum atomic E-state index is 12.8. The summed E-state index contributed by atoms with van der Waals surface area (Å²) in [4.78, 5) is 0. The van der Waals surface area contributed by atoms with Crippen LogP contribution in [0, 0.1) is 6.42 Å². The van der Waals surface area contributed by atoms with Crippen molar-refractivity contribution < 1.29 is 13.2 Å². The van der Waals surface area contributed by atoms with E-state index in [1.54, 1.807) is 13.3 Å². The van der Waals surface area contributed by atoms with Crippen molar-refractivity contribution in [3.63, 3.8) is 0 Å². The number of aromatic nitrogens is 2. The zero-order chi connectivity index (χ0) is 14.2. The minimum Gasteiger partial charge on any atom is -0.309 e. The molecule has 2 aromatic rings. The van der Waals surface area contributed by atoms with Gasteiger partial charge in [-0.05, 0) is 25.0 Å². The fourth-order valence-electron chi connectivity index (χ4n) is 2.01. The molecule has 0 fully saturated rings. The van der Waals surface area contributed by atoms with Crippen molar-refractivity contribution in [2.75, 3.05) is 0 Å². The summed E-state index contributed by atoms with van der Waals surface area (Å²) in [5.74, 6) is 0. The molecule has 2 N–H and O–H groups in total. The van der Waals surface area contributed by atoms with Gasteiger partial charge in [0.15, 0.2) is 0 Å². The first-order valence-corrected chi connectivity index (χ1v) is 6.02. The summed E-state index contributed by atoms with van der Waals surface area (Å²) in [5, 5.41) is 5.01. The van der Waals surface area contributed by atoms with E-state index in [1.807, 2.05) is 6.92 Å². The van der Waals surface area contributed by atoms with Crippen molar-refractivity contribution in [3.8, 4) is 0 Å². The van der Waals surface area contributed by atoms with Crippen molar-refractivity contribution in [2.45, 2.75) is 32.6 Å². The quantitative estimate of drug-likeness (QED) is 0.930. The molecule has 0 saturated carbocycles. The molecule has 0 saturated heterocycles. The number of hydrogen-bond donors (Lipinski definition) is 1. The summed E-state index contributed by atoms with van der Waals surface area (Å²) < 4.78 is 39.7. The first-order chi connectivity index (χ1) is 8.88.